The summed E-state index contributed by atoms with van der Waals surface area (Å²) in [5, 5.41) is 2.50. The Morgan fingerprint density at radius 1 is 1.24 bits per heavy atom. The van der Waals surface area contributed by atoms with Crippen molar-refractivity contribution < 1.29 is 18.7 Å². The number of benzene rings is 1. The Morgan fingerprint density at radius 3 is 2.15 bits per heavy atom. The van der Waals surface area contributed by atoms with E-state index in [0.29, 0.717) is 5.56 Å². The molecule has 6 heteroatoms. The van der Waals surface area contributed by atoms with Gasteiger partial charge in [-0.25, -0.2) is 9.18 Å². The minimum absolute atomic E-state index is 0.0364. The zero-order chi connectivity index (χ0) is 26.4. The van der Waals surface area contributed by atoms with Gasteiger partial charge in [0.1, 0.15) is 11.9 Å². The van der Waals surface area contributed by atoms with E-state index in [0.717, 1.165) is 6.07 Å². The number of nitrogens with two attached hydrogens (primary N) is 1. The van der Waals surface area contributed by atoms with E-state index < -0.39 is 23.7 Å². The Hall–Kier alpha value is -3.33. The molecule has 0 fully saturated rings. The van der Waals surface area contributed by atoms with Crippen molar-refractivity contribution in [1.82, 2.24) is 5.32 Å². The Kier molecular flexibility index (Phi) is 22.7. The van der Waals surface area contributed by atoms with Crippen LogP contribution in [-0.2, 0) is 14.3 Å². The van der Waals surface area contributed by atoms with Gasteiger partial charge in [-0.15, -0.1) is 6.58 Å². The molecule has 0 radical (unpaired) electrons. The molecule has 1 aromatic rings. The van der Waals surface area contributed by atoms with E-state index >= 15 is 0 Å². The van der Waals surface area contributed by atoms with Crippen LogP contribution in [0.25, 0.3) is 0 Å². The smallest absolute Gasteiger partial charge is 0.329 e. The number of hydrogen-bond donors (Lipinski definition) is 2. The van der Waals surface area contributed by atoms with Crippen molar-refractivity contribution in [3.05, 3.63) is 66.0 Å². The first kappa shape index (κ1) is 34.3. The lowest BCUT2D eigenvalue weighted by atomic mass is 10.1. The first-order valence-electron chi connectivity index (χ1n) is 10.9. The molecule has 1 amide bonds. The molecule has 0 aliphatic heterocycles. The topological polar surface area (TPSA) is 81.4 Å². The highest BCUT2D eigenvalue weighted by Crippen LogP contribution is 2.12. The fourth-order valence-electron chi connectivity index (χ4n) is 1.61. The molecular formula is C27H41FN2O3. The second kappa shape index (κ2) is 21.9. The van der Waals surface area contributed by atoms with E-state index in [1.54, 1.807) is 13.0 Å². The van der Waals surface area contributed by atoms with Crippen LogP contribution in [0.4, 0.5) is 10.1 Å². The van der Waals surface area contributed by atoms with Gasteiger partial charge in [-0.2, -0.15) is 0 Å². The standard InChI is InChI=1S/C17H19FN2O3.C5H10.C3H6.C2H6/c1-4-23-17(22)15(20-16(21)11(2)3)7-5-6-12-8-9-13(18)10-14(12)19;1-4-5(2)3;1-3-2;1-2/h8-10,15H,2,4,7,19H2,1,3H3,(H,20,21);4H,1-3H3;3H,1H2,2H3;1-2H3. The molecule has 0 aromatic heterocycles. The van der Waals surface area contributed by atoms with E-state index in [4.69, 9.17) is 10.5 Å². The van der Waals surface area contributed by atoms with E-state index in [1.165, 1.54) is 24.6 Å². The predicted molar refractivity (Wildman–Crippen MR) is 138 cm³/mol. The summed E-state index contributed by atoms with van der Waals surface area (Å²) in [5.74, 6) is 4.01. The molecule has 184 valence electrons. The summed E-state index contributed by atoms with van der Waals surface area (Å²) in [6.07, 6.45) is 3.87. The number of halogens is 1. The first-order valence-corrected chi connectivity index (χ1v) is 10.9. The van der Waals surface area contributed by atoms with Gasteiger partial charge in [0.2, 0.25) is 5.91 Å². The third-order valence-electron chi connectivity index (χ3n) is 3.38. The molecular weight excluding hydrogens is 419 g/mol. The highest BCUT2D eigenvalue weighted by molar-refractivity contribution is 5.95. The van der Waals surface area contributed by atoms with Gasteiger partial charge in [-0.1, -0.05) is 50.0 Å². The molecule has 0 saturated heterocycles. The Bertz CT molecular complexity index is 830. The van der Waals surface area contributed by atoms with Gasteiger partial charge >= 0.3 is 5.97 Å². The number of allylic oxidation sites excluding steroid dienone is 3. The third-order valence-corrected chi connectivity index (χ3v) is 3.38. The van der Waals surface area contributed by atoms with Gasteiger partial charge < -0.3 is 15.8 Å². The summed E-state index contributed by atoms with van der Waals surface area (Å²) in [4.78, 5) is 23.5. The number of amides is 1. The molecule has 0 spiro atoms. The van der Waals surface area contributed by atoms with E-state index in [1.807, 2.05) is 27.7 Å². The molecule has 0 aliphatic rings. The highest BCUT2D eigenvalue weighted by Gasteiger charge is 2.21. The van der Waals surface area contributed by atoms with Crippen LogP contribution < -0.4 is 11.1 Å². The van der Waals surface area contributed by atoms with Crippen molar-refractivity contribution in [3.63, 3.8) is 0 Å². The molecule has 0 heterocycles. The quantitative estimate of drug-likeness (QED) is 0.187. The second-order valence-electron chi connectivity index (χ2n) is 6.57. The molecule has 0 bridgehead atoms. The summed E-state index contributed by atoms with van der Waals surface area (Å²) in [7, 11) is 0. The molecule has 1 atom stereocenters. The Balaban J connectivity index is -0.000000763. The molecule has 1 rings (SSSR count). The number of carbonyl (C=O) groups excluding carboxylic acids is 2. The summed E-state index contributed by atoms with van der Waals surface area (Å²) in [6.45, 7) is 22.4. The molecule has 33 heavy (non-hydrogen) atoms. The maximum absolute atomic E-state index is 13.0. The minimum Gasteiger partial charge on any atom is -0.464 e. The van der Waals surface area contributed by atoms with Crippen LogP contribution in [0, 0.1) is 17.7 Å². The molecule has 0 aliphatic carbocycles. The van der Waals surface area contributed by atoms with Gasteiger partial charge in [0.05, 0.1) is 12.3 Å². The van der Waals surface area contributed by atoms with Crippen molar-refractivity contribution in [2.24, 2.45) is 0 Å². The lowest BCUT2D eigenvalue weighted by Gasteiger charge is -2.14. The van der Waals surface area contributed by atoms with Gasteiger partial charge in [0.15, 0.2) is 0 Å². The zero-order valence-corrected chi connectivity index (χ0v) is 21.5. The van der Waals surface area contributed by atoms with E-state index in [9.17, 15) is 14.0 Å². The van der Waals surface area contributed by atoms with Gasteiger partial charge in [-0.05, 0) is 59.7 Å². The van der Waals surface area contributed by atoms with Crippen LogP contribution in [0.1, 0.15) is 67.4 Å². The largest absolute Gasteiger partial charge is 0.464 e. The maximum Gasteiger partial charge on any atom is 0.329 e. The van der Waals surface area contributed by atoms with E-state index in [2.05, 4.69) is 50.2 Å². The van der Waals surface area contributed by atoms with Crippen LogP contribution in [0.3, 0.4) is 0 Å². The Labute approximate surface area is 200 Å². The lowest BCUT2D eigenvalue weighted by Crippen LogP contribution is -2.41. The predicted octanol–water partition coefficient (Wildman–Crippen LogP) is 5.96. The second-order valence-corrected chi connectivity index (χ2v) is 6.57. The average Bonchev–Trinajstić information content (AvgIpc) is 2.76. The number of hydrogen-bond acceptors (Lipinski definition) is 4. The van der Waals surface area contributed by atoms with E-state index in [-0.39, 0.29) is 24.3 Å². The summed E-state index contributed by atoms with van der Waals surface area (Å²) < 4.78 is 17.9. The summed E-state index contributed by atoms with van der Waals surface area (Å²) in [6, 6.07) is 2.94. The van der Waals surface area contributed by atoms with Crippen LogP contribution in [0.2, 0.25) is 0 Å². The number of carbonyl (C=O) groups is 2. The maximum atomic E-state index is 13.0. The first-order chi connectivity index (χ1) is 15.5. The SMILES string of the molecule is C=C(C)C(=O)NC(CC#Cc1ccc(F)cc1N)C(=O)OCC.C=CC.CC.CC=C(C)C. The number of rotatable bonds is 5. The normalized spacial score (nSPS) is 9.24. The number of nitrogen functional groups attached to an aromatic ring is 1. The molecule has 1 aromatic carbocycles. The van der Waals surface area contributed by atoms with Crippen molar-refractivity contribution in [1.29, 1.82) is 0 Å². The van der Waals surface area contributed by atoms with Gasteiger partial charge in [-0.3, -0.25) is 4.79 Å². The third kappa shape index (κ3) is 19.1. The Morgan fingerprint density at radius 2 is 1.76 bits per heavy atom. The summed E-state index contributed by atoms with van der Waals surface area (Å²) in [5.41, 5.74) is 7.95. The summed E-state index contributed by atoms with van der Waals surface area (Å²) >= 11 is 0. The monoisotopic (exact) mass is 460 g/mol. The molecule has 1 unspecified atom stereocenters. The van der Waals surface area contributed by atoms with Crippen molar-refractivity contribution in [2.75, 3.05) is 12.3 Å². The number of anilines is 1. The van der Waals surface area contributed by atoms with Crippen LogP contribution in [0.15, 0.2) is 54.7 Å². The number of esters is 1. The van der Waals surface area contributed by atoms with Crippen molar-refractivity contribution in [3.8, 4) is 11.8 Å². The zero-order valence-electron chi connectivity index (χ0n) is 21.5. The number of ether oxygens (including phenoxy) is 1. The van der Waals surface area contributed by atoms with Crippen molar-refractivity contribution >= 4 is 17.6 Å². The van der Waals surface area contributed by atoms with Crippen LogP contribution >= 0.6 is 0 Å². The van der Waals surface area contributed by atoms with Crippen molar-refractivity contribution in [2.45, 2.75) is 67.9 Å². The van der Waals surface area contributed by atoms with Crippen LogP contribution in [0.5, 0.6) is 0 Å². The molecule has 5 nitrogen and oxygen atoms in total. The lowest BCUT2D eigenvalue weighted by molar-refractivity contribution is -0.146. The number of nitrogens with one attached hydrogen (secondary N) is 1. The highest BCUT2D eigenvalue weighted by atomic mass is 19.1. The minimum atomic E-state index is -0.909. The molecule has 3 N–H and O–H groups in total. The fourth-order valence-corrected chi connectivity index (χ4v) is 1.61. The van der Waals surface area contributed by atoms with Gasteiger partial charge in [0.25, 0.3) is 0 Å². The fraction of sp³-hybridized carbons (Fsp3) is 0.407. The average molecular weight is 461 g/mol. The van der Waals surface area contributed by atoms with Crippen LogP contribution in [-0.4, -0.2) is 24.5 Å². The molecule has 0 saturated carbocycles. The van der Waals surface area contributed by atoms with Gasteiger partial charge in [0, 0.05) is 17.6 Å².